The fraction of sp³-hybridized carbons (Fsp3) is 0.630. The molecule has 4 nitrogen and oxygen atoms in total. The van der Waals surface area contributed by atoms with Crippen molar-refractivity contribution in [3.05, 3.63) is 41.4 Å². The Labute approximate surface area is 190 Å². The zero-order chi connectivity index (χ0) is 22.8. The minimum atomic E-state index is -0.381. The van der Waals surface area contributed by atoms with Gasteiger partial charge in [0.25, 0.3) is 0 Å². The molecule has 6 atom stereocenters. The minimum Gasteiger partial charge on any atom is -0.323 e. The molecule has 5 rings (SSSR count). The number of hydrogen-bond donors (Lipinski definition) is 1. The van der Waals surface area contributed by atoms with Gasteiger partial charge < -0.3 is 10.2 Å². The molecule has 32 heavy (non-hydrogen) atoms. The number of anilines is 1. The Balaban J connectivity index is 1.42. The highest BCUT2D eigenvalue weighted by Crippen LogP contribution is 2.66. The minimum absolute atomic E-state index is 0.0310. The number of para-hydroxylation sites is 1. The molecule has 0 spiro atoms. The highest BCUT2D eigenvalue weighted by Gasteiger charge is 2.61. The first-order chi connectivity index (χ1) is 15.2. The van der Waals surface area contributed by atoms with Crippen molar-refractivity contribution in [2.24, 2.45) is 34.5 Å². The average Bonchev–Trinajstić information content (AvgIpc) is 3.10. The topological polar surface area (TPSA) is 49.4 Å². The molecular weight excluding hydrogens is 403 g/mol. The van der Waals surface area contributed by atoms with E-state index in [0.717, 1.165) is 38.5 Å². The number of carbonyl (C=O) groups is 2. The first kappa shape index (κ1) is 21.7. The Hall–Kier alpha value is -2.17. The van der Waals surface area contributed by atoms with Crippen LogP contribution in [0.25, 0.3) is 0 Å². The molecule has 172 valence electrons. The third-order valence-electron chi connectivity index (χ3n) is 9.76. The molecule has 1 aromatic rings. The third-order valence-corrected chi connectivity index (χ3v) is 9.76. The Morgan fingerprint density at radius 2 is 1.88 bits per heavy atom. The largest absolute Gasteiger partial charge is 0.323 e. The van der Waals surface area contributed by atoms with Crippen LogP contribution in [-0.4, -0.2) is 23.8 Å². The van der Waals surface area contributed by atoms with Crippen LogP contribution in [0.3, 0.4) is 0 Å². The standard InChI is InChI=1S/C27H35FN2O2/c1-16-15-17-18-9-10-20(25(32)29-22-8-6-5-7-21(22)28)26(18,2)13-11-19(17)27(3)14-12-23(31)30(4)24(16)27/h5-8,17-20H,9-15H2,1-4H3,(H,29,32)/t17-,18-,19+,20?,26-,27+/m0/s1. The fourth-order valence-corrected chi connectivity index (χ4v) is 8.32. The van der Waals surface area contributed by atoms with Crippen molar-refractivity contribution in [1.29, 1.82) is 0 Å². The lowest BCUT2D eigenvalue weighted by Crippen LogP contribution is -2.54. The van der Waals surface area contributed by atoms with Gasteiger partial charge >= 0.3 is 0 Å². The number of amides is 2. The zero-order valence-corrected chi connectivity index (χ0v) is 19.7. The molecule has 2 saturated carbocycles. The molecule has 1 heterocycles. The van der Waals surface area contributed by atoms with Crippen molar-refractivity contribution < 1.29 is 14.0 Å². The lowest BCUT2D eigenvalue weighted by molar-refractivity contribution is -0.137. The van der Waals surface area contributed by atoms with Crippen LogP contribution in [0.4, 0.5) is 10.1 Å². The van der Waals surface area contributed by atoms with Crippen molar-refractivity contribution in [3.63, 3.8) is 0 Å². The van der Waals surface area contributed by atoms with Crippen LogP contribution in [0.2, 0.25) is 0 Å². The molecule has 0 bridgehead atoms. The van der Waals surface area contributed by atoms with Crippen LogP contribution >= 0.6 is 0 Å². The Morgan fingerprint density at radius 3 is 2.62 bits per heavy atom. The summed E-state index contributed by atoms with van der Waals surface area (Å²) in [6.45, 7) is 6.90. The Bertz CT molecular complexity index is 1000. The second-order valence-corrected chi connectivity index (χ2v) is 11.2. The zero-order valence-electron chi connectivity index (χ0n) is 19.7. The summed E-state index contributed by atoms with van der Waals surface area (Å²) in [6, 6.07) is 6.42. The molecule has 1 saturated heterocycles. The summed E-state index contributed by atoms with van der Waals surface area (Å²) < 4.78 is 14.1. The maximum atomic E-state index is 14.1. The highest BCUT2D eigenvalue weighted by molar-refractivity contribution is 5.93. The van der Waals surface area contributed by atoms with Crippen molar-refractivity contribution >= 4 is 17.5 Å². The maximum absolute atomic E-state index is 14.1. The van der Waals surface area contributed by atoms with E-state index in [4.69, 9.17) is 0 Å². The lowest BCUT2D eigenvalue weighted by Gasteiger charge is -2.59. The summed E-state index contributed by atoms with van der Waals surface area (Å²) in [5, 5.41) is 2.89. The number of nitrogens with zero attached hydrogens (tertiary/aromatic N) is 1. The van der Waals surface area contributed by atoms with Gasteiger partial charge in [-0.05, 0) is 80.8 Å². The predicted octanol–water partition coefficient (Wildman–Crippen LogP) is 5.76. The van der Waals surface area contributed by atoms with E-state index in [-0.39, 0.29) is 40.1 Å². The van der Waals surface area contributed by atoms with Gasteiger partial charge in [-0.15, -0.1) is 0 Å². The number of likely N-dealkylation sites (tertiary alicyclic amines) is 1. The quantitative estimate of drug-likeness (QED) is 0.638. The molecule has 3 aliphatic carbocycles. The summed E-state index contributed by atoms with van der Waals surface area (Å²) in [5.74, 6) is 1.35. The van der Waals surface area contributed by atoms with Crippen LogP contribution < -0.4 is 5.32 Å². The maximum Gasteiger partial charge on any atom is 0.228 e. The second-order valence-electron chi connectivity index (χ2n) is 11.2. The van der Waals surface area contributed by atoms with Crippen molar-refractivity contribution in [2.45, 2.75) is 65.7 Å². The number of benzene rings is 1. The third kappa shape index (κ3) is 2.99. The Kier molecular flexibility index (Phi) is 5.03. The van der Waals surface area contributed by atoms with Gasteiger partial charge in [0.1, 0.15) is 5.82 Å². The van der Waals surface area contributed by atoms with Crippen molar-refractivity contribution in [2.75, 3.05) is 12.4 Å². The van der Waals surface area contributed by atoms with Crippen LogP contribution in [-0.2, 0) is 9.59 Å². The molecule has 4 aliphatic rings. The lowest BCUT2D eigenvalue weighted by atomic mass is 9.48. The van der Waals surface area contributed by atoms with Gasteiger partial charge in [-0.25, -0.2) is 4.39 Å². The second kappa shape index (κ2) is 7.43. The van der Waals surface area contributed by atoms with Gasteiger partial charge in [-0.2, -0.15) is 0 Å². The van der Waals surface area contributed by atoms with E-state index in [1.807, 2.05) is 11.9 Å². The molecule has 0 radical (unpaired) electrons. The fourth-order valence-electron chi connectivity index (χ4n) is 8.32. The van der Waals surface area contributed by atoms with E-state index >= 15 is 0 Å². The van der Waals surface area contributed by atoms with E-state index in [1.165, 1.54) is 17.3 Å². The van der Waals surface area contributed by atoms with E-state index in [0.29, 0.717) is 24.2 Å². The Morgan fingerprint density at radius 1 is 1.12 bits per heavy atom. The average molecular weight is 439 g/mol. The van der Waals surface area contributed by atoms with Crippen molar-refractivity contribution in [3.8, 4) is 0 Å². The summed E-state index contributed by atoms with van der Waals surface area (Å²) in [5.41, 5.74) is 2.89. The highest BCUT2D eigenvalue weighted by atomic mass is 19.1. The number of allylic oxidation sites excluding steroid dienone is 2. The molecule has 1 N–H and O–H groups in total. The van der Waals surface area contributed by atoms with E-state index in [9.17, 15) is 14.0 Å². The smallest absolute Gasteiger partial charge is 0.228 e. The van der Waals surface area contributed by atoms with E-state index in [1.54, 1.807) is 18.2 Å². The predicted molar refractivity (Wildman–Crippen MR) is 123 cm³/mol. The molecular formula is C27H35FN2O2. The molecule has 5 heteroatoms. The number of hydrogen-bond acceptors (Lipinski definition) is 2. The number of carbonyl (C=O) groups excluding carboxylic acids is 2. The SMILES string of the molecule is CC1=C2N(C)C(=O)CC[C@]2(C)[C@@H]2CC[C@]3(C)C(C(=O)Nc4ccccc4F)CC[C@H]3[C@@H]2C1. The van der Waals surface area contributed by atoms with Gasteiger partial charge in [-0.3, -0.25) is 9.59 Å². The molecule has 1 aliphatic heterocycles. The van der Waals surface area contributed by atoms with Gasteiger partial charge in [0.15, 0.2) is 0 Å². The first-order valence-corrected chi connectivity index (χ1v) is 12.2. The van der Waals surface area contributed by atoms with Crippen LogP contribution in [0.15, 0.2) is 35.5 Å². The molecule has 1 aromatic carbocycles. The molecule has 0 aromatic heterocycles. The number of halogens is 1. The van der Waals surface area contributed by atoms with Gasteiger partial charge in [0.05, 0.1) is 5.69 Å². The first-order valence-electron chi connectivity index (χ1n) is 12.2. The van der Waals surface area contributed by atoms with E-state index < -0.39 is 0 Å². The molecule has 3 fully saturated rings. The van der Waals surface area contributed by atoms with Gasteiger partial charge in [0.2, 0.25) is 11.8 Å². The van der Waals surface area contributed by atoms with Crippen molar-refractivity contribution in [1.82, 2.24) is 4.90 Å². The van der Waals surface area contributed by atoms with E-state index in [2.05, 4.69) is 26.1 Å². The number of rotatable bonds is 2. The molecule has 2 amide bonds. The van der Waals surface area contributed by atoms with Crippen LogP contribution in [0.5, 0.6) is 0 Å². The summed E-state index contributed by atoms with van der Waals surface area (Å²) in [7, 11) is 1.95. The normalized spacial score (nSPS) is 38.8. The van der Waals surface area contributed by atoms with Crippen LogP contribution in [0.1, 0.15) is 65.7 Å². The number of fused-ring (bicyclic) bond motifs is 5. The van der Waals surface area contributed by atoms with Gasteiger partial charge in [-0.1, -0.05) is 31.6 Å². The summed E-state index contributed by atoms with van der Waals surface area (Å²) >= 11 is 0. The van der Waals surface area contributed by atoms with Gasteiger partial charge in [0, 0.05) is 30.5 Å². The monoisotopic (exact) mass is 438 g/mol. The number of nitrogens with one attached hydrogen (secondary N) is 1. The summed E-state index contributed by atoms with van der Waals surface area (Å²) in [6.07, 6.45) is 6.63. The number of piperidine rings is 1. The molecule has 1 unspecified atom stereocenters. The van der Waals surface area contributed by atoms with Crippen LogP contribution in [0, 0.1) is 40.3 Å². The summed E-state index contributed by atoms with van der Waals surface area (Å²) in [4.78, 5) is 27.7.